The molecule has 0 saturated carbocycles. The molecule has 0 bridgehead atoms. The van der Waals surface area contributed by atoms with Crippen LogP contribution in [0.3, 0.4) is 0 Å². The fourth-order valence-corrected chi connectivity index (χ4v) is 2.41. The Bertz CT molecular complexity index is 503. The fraction of sp³-hybridized carbons (Fsp3) is 0.154. The van der Waals surface area contributed by atoms with Crippen molar-refractivity contribution in [3.8, 4) is 0 Å². The number of thioether (sulfide) groups is 1. The highest BCUT2D eigenvalue weighted by molar-refractivity contribution is 7.99. The van der Waals surface area contributed by atoms with E-state index in [1.54, 1.807) is 0 Å². The van der Waals surface area contributed by atoms with Crippen molar-refractivity contribution in [1.29, 1.82) is 0 Å². The van der Waals surface area contributed by atoms with Gasteiger partial charge in [0.15, 0.2) is 0 Å². The van der Waals surface area contributed by atoms with Gasteiger partial charge >= 0.3 is 5.97 Å². The molecule has 0 aliphatic heterocycles. The largest absolute Gasteiger partial charge is 0.481 e. The molecule has 0 saturated heterocycles. The van der Waals surface area contributed by atoms with Gasteiger partial charge < -0.3 is 5.11 Å². The van der Waals surface area contributed by atoms with Crippen molar-refractivity contribution in [3.63, 3.8) is 0 Å². The summed E-state index contributed by atoms with van der Waals surface area (Å²) in [6.07, 6.45) is 0. The minimum Gasteiger partial charge on any atom is -0.481 e. The van der Waals surface area contributed by atoms with Crippen LogP contribution in [0.1, 0.15) is 5.56 Å². The molecule has 0 aliphatic carbocycles. The first-order chi connectivity index (χ1) is 7.77. The number of hydrogen-bond acceptors (Lipinski definition) is 2. The maximum absolute atomic E-state index is 10.4. The van der Waals surface area contributed by atoms with Crippen LogP contribution in [-0.4, -0.2) is 16.8 Å². The quantitative estimate of drug-likeness (QED) is 0.879. The van der Waals surface area contributed by atoms with E-state index in [9.17, 15) is 4.79 Å². The Balaban J connectivity index is 2.20. The summed E-state index contributed by atoms with van der Waals surface area (Å²) in [6.45, 7) is 0. The third kappa shape index (κ3) is 2.55. The molecule has 0 amide bonds. The summed E-state index contributed by atoms with van der Waals surface area (Å²) in [4.78, 5) is 10.4. The number of fused-ring (bicyclic) bond motifs is 1. The van der Waals surface area contributed by atoms with E-state index in [1.165, 1.54) is 28.1 Å². The Morgan fingerprint density at radius 3 is 2.69 bits per heavy atom. The van der Waals surface area contributed by atoms with E-state index in [1.807, 2.05) is 18.2 Å². The van der Waals surface area contributed by atoms with Crippen LogP contribution in [0.5, 0.6) is 0 Å². The van der Waals surface area contributed by atoms with Crippen molar-refractivity contribution in [2.45, 2.75) is 5.75 Å². The van der Waals surface area contributed by atoms with Gasteiger partial charge in [0, 0.05) is 5.75 Å². The standard InChI is InChI=1S/C13H12O2S/c14-13(15)9-16-8-11-6-3-5-10-4-1-2-7-12(10)11/h1-7H,8-9H2,(H,14,15). The molecule has 0 spiro atoms. The predicted octanol–water partition coefficient (Wildman–Crippen LogP) is 3.16. The van der Waals surface area contributed by atoms with Crippen LogP contribution in [0.15, 0.2) is 42.5 Å². The Morgan fingerprint density at radius 2 is 1.88 bits per heavy atom. The molecule has 16 heavy (non-hydrogen) atoms. The molecule has 0 heterocycles. The van der Waals surface area contributed by atoms with Crippen LogP contribution in [0.25, 0.3) is 10.8 Å². The molecule has 0 radical (unpaired) electrons. The average molecular weight is 232 g/mol. The van der Waals surface area contributed by atoms with Crippen molar-refractivity contribution in [2.24, 2.45) is 0 Å². The maximum atomic E-state index is 10.4. The van der Waals surface area contributed by atoms with E-state index < -0.39 is 5.97 Å². The van der Waals surface area contributed by atoms with Crippen LogP contribution < -0.4 is 0 Å². The summed E-state index contributed by atoms with van der Waals surface area (Å²) in [5.41, 5.74) is 1.20. The molecule has 0 aromatic heterocycles. The molecule has 2 aromatic rings. The minimum atomic E-state index is -0.759. The third-order valence-electron chi connectivity index (χ3n) is 2.36. The van der Waals surface area contributed by atoms with Crippen LogP contribution >= 0.6 is 11.8 Å². The van der Waals surface area contributed by atoms with Gasteiger partial charge in [0.25, 0.3) is 0 Å². The van der Waals surface area contributed by atoms with Crippen LogP contribution in [-0.2, 0) is 10.5 Å². The number of benzene rings is 2. The fourth-order valence-electron chi connectivity index (χ4n) is 1.67. The van der Waals surface area contributed by atoms with Crippen molar-refractivity contribution >= 4 is 28.5 Å². The normalized spacial score (nSPS) is 10.5. The SMILES string of the molecule is O=C(O)CSCc1cccc2ccccc12. The Hall–Kier alpha value is -1.48. The second-order valence-corrected chi connectivity index (χ2v) is 4.51. The summed E-state index contributed by atoms with van der Waals surface area (Å²) in [5.74, 6) is 0.141. The lowest BCUT2D eigenvalue weighted by atomic mass is 10.1. The Morgan fingerprint density at radius 1 is 1.12 bits per heavy atom. The zero-order valence-electron chi connectivity index (χ0n) is 8.72. The number of hydrogen-bond donors (Lipinski definition) is 1. The van der Waals surface area contributed by atoms with Gasteiger partial charge in [-0.2, -0.15) is 0 Å². The van der Waals surface area contributed by atoms with Crippen LogP contribution in [0.2, 0.25) is 0 Å². The van der Waals surface area contributed by atoms with E-state index in [4.69, 9.17) is 5.11 Å². The topological polar surface area (TPSA) is 37.3 Å². The first-order valence-electron chi connectivity index (χ1n) is 5.03. The first kappa shape index (κ1) is 11.0. The molecule has 1 N–H and O–H groups in total. The summed E-state index contributed by atoms with van der Waals surface area (Å²) < 4.78 is 0. The highest BCUT2D eigenvalue weighted by Gasteiger charge is 2.02. The molecule has 0 unspecified atom stereocenters. The molecule has 82 valence electrons. The zero-order valence-corrected chi connectivity index (χ0v) is 9.54. The van der Waals surface area contributed by atoms with Crippen molar-refractivity contribution in [2.75, 3.05) is 5.75 Å². The molecular formula is C13H12O2S. The van der Waals surface area contributed by atoms with E-state index in [0.29, 0.717) is 0 Å². The molecule has 2 nitrogen and oxygen atoms in total. The summed E-state index contributed by atoms with van der Waals surface area (Å²) in [6, 6.07) is 14.3. The van der Waals surface area contributed by atoms with Gasteiger partial charge in [-0.1, -0.05) is 42.5 Å². The Kier molecular flexibility index (Phi) is 3.47. The monoisotopic (exact) mass is 232 g/mol. The van der Waals surface area contributed by atoms with Gasteiger partial charge in [0.2, 0.25) is 0 Å². The molecule has 2 aromatic carbocycles. The second kappa shape index (κ2) is 5.03. The molecule has 0 atom stereocenters. The molecule has 0 aliphatic rings. The number of rotatable bonds is 4. The highest BCUT2D eigenvalue weighted by atomic mass is 32.2. The van der Waals surface area contributed by atoms with Crippen LogP contribution in [0, 0.1) is 0 Å². The lowest BCUT2D eigenvalue weighted by Gasteiger charge is -2.05. The van der Waals surface area contributed by atoms with Gasteiger partial charge in [-0.15, -0.1) is 11.8 Å². The lowest BCUT2D eigenvalue weighted by molar-refractivity contribution is -0.133. The van der Waals surface area contributed by atoms with Gasteiger partial charge in [0.1, 0.15) is 0 Å². The number of aliphatic carboxylic acids is 1. The van der Waals surface area contributed by atoms with Crippen LogP contribution in [0.4, 0.5) is 0 Å². The van der Waals surface area contributed by atoms with Gasteiger partial charge in [0.05, 0.1) is 5.75 Å². The second-order valence-electron chi connectivity index (χ2n) is 3.52. The van der Waals surface area contributed by atoms with Gasteiger partial charge in [-0.3, -0.25) is 4.79 Å². The zero-order chi connectivity index (χ0) is 11.4. The summed E-state index contributed by atoms with van der Waals surface area (Å²) >= 11 is 1.43. The number of carboxylic acid groups (broad SMARTS) is 1. The Labute approximate surface area is 98.3 Å². The molecular weight excluding hydrogens is 220 g/mol. The smallest absolute Gasteiger partial charge is 0.313 e. The van der Waals surface area contributed by atoms with Crippen molar-refractivity contribution < 1.29 is 9.90 Å². The number of carbonyl (C=O) groups is 1. The van der Waals surface area contributed by atoms with E-state index >= 15 is 0 Å². The van der Waals surface area contributed by atoms with E-state index in [2.05, 4.69) is 24.3 Å². The molecule has 2 rings (SSSR count). The average Bonchev–Trinajstić information content (AvgIpc) is 2.29. The third-order valence-corrected chi connectivity index (χ3v) is 3.33. The highest BCUT2D eigenvalue weighted by Crippen LogP contribution is 2.22. The summed E-state index contributed by atoms with van der Waals surface area (Å²) in [7, 11) is 0. The minimum absolute atomic E-state index is 0.156. The van der Waals surface area contributed by atoms with Gasteiger partial charge in [-0.05, 0) is 16.3 Å². The molecule has 3 heteroatoms. The summed E-state index contributed by atoms with van der Waals surface area (Å²) in [5, 5.41) is 11.0. The van der Waals surface area contributed by atoms with Gasteiger partial charge in [-0.25, -0.2) is 0 Å². The number of carboxylic acids is 1. The van der Waals surface area contributed by atoms with E-state index in [0.717, 1.165) is 5.75 Å². The lowest BCUT2D eigenvalue weighted by Crippen LogP contribution is -1.98. The molecule has 0 fully saturated rings. The maximum Gasteiger partial charge on any atom is 0.313 e. The predicted molar refractivity (Wildman–Crippen MR) is 67.7 cm³/mol. The first-order valence-corrected chi connectivity index (χ1v) is 6.19. The van der Waals surface area contributed by atoms with E-state index in [-0.39, 0.29) is 5.75 Å². The van der Waals surface area contributed by atoms with Crippen molar-refractivity contribution in [3.05, 3.63) is 48.0 Å². The van der Waals surface area contributed by atoms with Crippen molar-refractivity contribution in [1.82, 2.24) is 0 Å².